The minimum atomic E-state index is -3.63. The molecule has 0 bridgehead atoms. The van der Waals surface area contributed by atoms with E-state index in [9.17, 15) is 8.42 Å². The van der Waals surface area contributed by atoms with E-state index >= 15 is 0 Å². The maximum absolute atomic E-state index is 12.3. The zero-order valence-electron chi connectivity index (χ0n) is 11.1. The van der Waals surface area contributed by atoms with Crippen molar-refractivity contribution in [1.82, 2.24) is 4.72 Å². The second-order valence-corrected chi connectivity index (χ2v) is 7.24. The number of sulfonamides is 1. The van der Waals surface area contributed by atoms with Crippen LogP contribution in [0.25, 0.3) is 0 Å². The van der Waals surface area contributed by atoms with Crippen LogP contribution in [-0.4, -0.2) is 15.5 Å². The smallest absolute Gasteiger partial charge is 0.241 e. The number of nitrogens with one attached hydrogen (secondary N) is 1. The van der Waals surface area contributed by atoms with E-state index in [-0.39, 0.29) is 11.4 Å². The molecular formula is C14H13BrClNO3S. The van der Waals surface area contributed by atoms with Crippen LogP contribution in [0.2, 0.25) is 5.02 Å². The van der Waals surface area contributed by atoms with E-state index in [1.807, 2.05) is 0 Å². The van der Waals surface area contributed by atoms with E-state index < -0.39 is 10.0 Å². The average Bonchev–Trinajstić information content (AvgIpc) is 2.46. The summed E-state index contributed by atoms with van der Waals surface area (Å²) in [5.41, 5.74) is 0.715. The molecule has 0 aromatic heterocycles. The van der Waals surface area contributed by atoms with Gasteiger partial charge in [-0.1, -0.05) is 29.8 Å². The van der Waals surface area contributed by atoms with E-state index in [0.717, 1.165) is 0 Å². The highest BCUT2D eigenvalue weighted by atomic mass is 79.9. The van der Waals surface area contributed by atoms with Gasteiger partial charge in [0.05, 0.1) is 16.5 Å². The number of hydrogen-bond acceptors (Lipinski definition) is 3. The lowest BCUT2D eigenvalue weighted by Gasteiger charge is -2.10. The molecule has 2 rings (SSSR count). The maximum Gasteiger partial charge on any atom is 0.241 e. The number of halogens is 2. The number of hydrogen-bond donors (Lipinski definition) is 1. The summed E-state index contributed by atoms with van der Waals surface area (Å²) in [5.74, 6) is 0.454. The first-order valence-corrected chi connectivity index (χ1v) is 8.66. The molecular weight excluding hydrogens is 378 g/mol. The number of ether oxygens (including phenoxy) is 1. The summed E-state index contributed by atoms with van der Waals surface area (Å²) in [7, 11) is -2.15. The van der Waals surface area contributed by atoms with Crippen molar-refractivity contribution < 1.29 is 13.2 Å². The Morgan fingerprint density at radius 3 is 2.62 bits per heavy atom. The summed E-state index contributed by atoms with van der Waals surface area (Å²) in [6, 6.07) is 11.7. The molecule has 0 saturated heterocycles. The second kappa shape index (κ2) is 6.79. The molecule has 112 valence electrons. The highest BCUT2D eigenvalue weighted by molar-refractivity contribution is 9.10. The minimum absolute atomic E-state index is 0.125. The van der Waals surface area contributed by atoms with Gasteiger partial charge in [-0.25, -0.2) is 13.1 Å². The Balaban J connectivity index is 2.21. The Hall–Kier alpha value is -1.08. The van der Waals surface area contributed by atoms with Crippen molar-refractivity contribution in [2.45, 2.75) is 11.4 Å². The fourth-order valence-electron chi connectivity index (χ4n) is 1.71. The van der Waals surface area contributed by atoms with Crippen LogP contribution in [-0.2, 0) is 16.6 Å². The SMILES string of the molecule is COc1cc(S(=O)(=O)NCc2ccccc2Cl)ccc1Br. The van der Waals surface area contributed by atoms with Crippen LogP contribution in [0.1, 0.15) is 5.56 Å². The van der Waals surface area contributed by atoms with Crippen LogP contribution in [0.4, 0.5) is 0 Å². The largest absolute Gasteiger partial charge is 0.496 e. The van der Waals surface area contributed by atoms with Crippen LogP contribution < -0.4 is 9.46 Å². The quantitative estimate of drug-likeness (QED) is 0.849. The van der Waals surface area contributed by atoms with Gasteiger partial charge in [-0.3, -0.25) is 0 Å². The first kappa shape index (κ1) is 16.3. The van der Waals surface area contributed by atoms with E-state index in [2.05, 4.69) is 20.7 Å². The predicted molar refractivity (Wildman–Crippen MR) is 86.2 cm³/mol. The van der Waals surface area contributed by atoms with E-state index in [1.54, 1.807) is 30.3 Å². The zero-order valence-corrected chi connectivity index (χ0v) is 14.3. The van der Waals surface area contributed by atoms with Gasteiger partial charge in [0.15, 0.2) is 0 Å². The Bertz CT molecular complexity index is 750. The highest BCUT2D eigenvalue weighted by Gasteiger charge is 2.16. The Morgan fingerprint density at radius 1 is 1.24 bits per heavy atom. The van der Waals surface area contributed by atoms with Gasteiger partial charge in [-0.05, 0) is 39.7 Å². The van der Waals surface area contributed by atoms with Crippen molar-refractivity contribution in [2.24, 2.45) is 0 Å². The van der Waals surface area contributed by atoms with Crippen LogP contribution in [0, 0.1) is 0 Å². The zero-order chi connectivity index (χ0) is 15.5. The molecule has 0 spiro atoms. The first-order chi connectivity index (χ1) is 9.94. The van der Waals surface area contributed by atoms with Gasteiger partial charge in [-0.15, -0.1) is 0 Å². The van der Waals surface area contributed by atoms with Gasteiger partial charge >= 0.3 is 0 Å². The fourth-order valence-corrected chi connectivity index (χ4v) is 3.34. The summed E-state index contributed by atoms with van der Waals surface area (Å²) >= 11 is 9.29. The van der Waals surface area contributed by atoms with Crippen molar-refractivity contribution in [3.05, 3.63) is 57.5 Å². The molecule has 0 radical (unpaired) electrons. The lowest BCUT2D eigenvalue weighted by Crippen LogP contribution is -2.23. The molecule has 21 heavy (non-hydrogen) atoms. The molecule has 2 aromatic carbocycles. The molecule has 0 amide bonds. The molecule has 4 nitrogen and oxygen atoms in total. The Kier molecular flexibility index (Phi) is 5.27. The molecule has 2 aromatic rings. The van der Waals surface area contributed by atoms with E-state index in [4.69, 9.17) is 16.3 Å². The normalized spacial score (nSPS) is 11.4. The van der Waals surface area contributed by atoms with Crippen LogP contribution >= 0.6 is 27.5 Å². The van der Waals surface area contributed by atoms with Gasteiger partial charge in [0.2, 0.25) is 10.0 Å². The minimum Gasteiger partial charge on any atom is -0.496 e. The van der Waals surface area contributed by atoms with Crippen molar-refractivity contribution in [3.63, 3.8) is 0 Å². The Morgan fingerprint density at radius 2 is 1.95 bits per heavy atom. The highest BCUT2D eigenvalue weighted by Crippen LogP contribution is 2.27. The topological polar surface area (TPSA) is 55.4 Å². The van der Waals surface area contributed by atoms with Crippen LogP contribution in [0.15, 0.2) is 51.8 Å². The first-order valence-electron chi connectivity index (χ1n) is 6.00. The van der Waals surface area contributed by atoms with Gasteiger partial charge in [0.1, 0.15) is 5.75 Å². The molecule has 0 fully saturated rings. The maximum atomic E-state index is 12.3. The molecule has 0 aliphatic rings. The molecule has 7 heteroatoms. The number of methoxy groups -OCH3 is 1. The van der Waals surface area contributed by atoms with Crippen molar-refractivity contribution in [2.75, 3.05) is 7.11 Å². The molecule has 0 atom stereocenters. The monoisotopic (exact) mass is 389 g/mol. The standard InChI is InChI=1S/C14H13BrClNO3S/c1-20-14-8-11(6-7-12(14)15)21(18,19)17-9-10-4-2-3-5-13(10)16/h2-8,17H,9H2,1H3. The van der Waals surface area contributed by atoms with E-state index in [0.29, 0.717) is 20.8 Å². The van der Waals surface area contributed by atoms with Gasteiger partial charge in [-0.2, -0.15) is 0 Å². The second-order valence-electron chi connectivity index (χ2n) is 4.21. The lowest BCUT2D eigenvalue weighted by molar-refractivity contribution is 0.410. The van der Waals surface area contributed by atoms with Crippen molar-refractivity contribution in [3.8, 4) is 5.75 Å². The van der Waals surface area contributed by atoms with Gasteiger partial charge < -0.3 is 4.74 Å². The predicted octanol–water partition coefficient (Wildman–Crippen LogP) is 3.59. The third-order valence-electron chi connectivity index (χ3n) is 2.84. The summed E-state index contributed by atoms with van der Waals surface area (Å²) < 4.78 is 32.9. The van der Waals surface area contributed by atoms with Crippen molar-refractivity contribution >= 4 is 37.6 Å². The van der Waals surface area contributed by atoms with Crippen LogP contribution in [0.3, 0.4) is 0 Å². The van der Waals surface area contributed by atoms with E-state index in [1.165, 1.54) is 19.2 Å². The summed E-state index contributed by atoms with van der Waals surface area (Å²) in [6.07, 6.45) is 0. The molecule has 0 aliphatic carbocycles. The van der Waals surface area contributed by atoms with Gasteiger partial charge in [0.25, 0.3) is 0 Å². The number of benzene rings is 2. The average molecular weight is 391 g/mol. The summed E-state index contributed by atoms with van der Waals surface area (Å²) in [6.45, 7) is 0.125. The molecule has 0 unspecified atom stereocenters. The number of rotatable bonds is 5. The van der Waals surface area contributed by atoms with Crippen LogP contribution in [0.5, 0.6) is 5.75 Å². The molecule has 1 N–H and O–H groups in total. The molecule has 0 saturated carbocycles. The summed E-state index contributed by atoms with van der Waals surface area (Å²) in [5, 5.41) is 0.522. The fraction of sp³-hybridized carbons (Fsp3) is 0.143. The summed E-state index contributed by atoms with van der Waals surface area (Å²) in [4.78, 5) is 0.134. The molecule has 0 aliphatic heterocycles. The van der Waals surface area contributed by atoms with Gasteiger partial charge in [0, 0.05) is 17.6 Å². The third kappa shape index (κ3) is 3.97. The lowest BCUT2D eigenvalue weighted by atomic mass is 10.2. The van der Waals surface area contributed by atoms with Crippen molar-refractivity contribution in [1.29, 1.82) is 0 Å². The Labute approximate surface area is 137 Å². The third-order valence-corrected chi connectivity index (χ3v) is 5.27. The molecule has 0 heterocycles.